The zero-order valence-electron chi connectivity index (χ0n) is 11.6. The van der Waals surface area contributed by atoms with E-state index in [0.29, 0.717) is 5.52 Å². The number of rotatable bonds is 2. The number of nitrogens with zero attached hydrogens (tertiary/aromatic N) is 2. The van der Waals surface area contributed by atoms with Crippen LogP contribution in [0.5, 0.6) is 5.75 Å². The first-order valence-electron chi connectivity index (χ1n) is 7.12. The second-order valence-electron chi connectivity index (χ2n) is 5.72. The Balaban J connectivity index is 1.93. The van der Waals surface area contributed by atoms with Crippen molar-refractivity contribution in [1.29, 1.82) is 0 Å². The molecule has 0 radical (unpaired) electrons. The van der Waals surface area contributed by atoms with Crippen molar-refractivity contribution in [2.75, 3.05) is 13.1 Å². The molecule has 1 aliphatic heterocycles. The number of hydrogen-bond acceptors (Lipinski definition) is 3. The van der Waals surface area contributed by atoms with Gasteiger partial charge in [0, 0.05) is 18.1 Å². The molecular formula is C16H19BrN2O. The van der Waals surface area contributed by atoms with Crippen molar-refractivity contribution in [3.63, 3.8) is 0 Å². The molecule has 0 unspecified atom stereocenters. The Morgan fingerprint density at radius 2 is 2.15 bits per heavy atom. The maximum absolute atomic E-state index is 10.1. The second kappa shape index (κ2) is 5.70. The minimum absolute atomic E-state index is 0.233. The largest absolute Gasteiger partial charge is 0.505 e. The summed E-state index contributed by atoms with van der Waals surface area (Å²) in [6.07, 6.45) is 4.27. The standard InChI is InChI=1S/C16H19BrN2O/c1-11-4-7-19(8-5-11)10-12-9-14(17)16(20)15-13(12)3-2-6-18-15/h2-3,6,9,11,20H,4-5,7-8,10H2,1H3. The smallest absolute Gasteiger partial charge is 0.156 e. The monoisotopic (exact) mass is 334 g/mol. The van der Waals surface area contributed by atoms with Crippen molar-refractivity contribution in [3.05, 3.63) is 34.4 Å². The molecule has 1 saturated heterocycles. The van der Waals surface area contributed by atoms with Crippen LogP contribution >= 0.6 is 15.9 Å². The number of likely N-dealkylation sites (tertiary alicyclic amines) is 1. The molecule has 1 aromatic heterocycles. The van der Waals surface area contributed by atoms with Gasteiger partial charge in [0.05, 0.1) is 4.47 Å². The first kappa shape index (κ1) is 13.8. The number of fused-ring (bicyclic) bond motifs is 1. The summed E-state index contributed by atoms with van der Waals surface area (Å²) in [5.74, 6) is 1.08. The molecule has 0 amide bonds. The number of phenols is 1. The molecule has 3 nitrogen and oxygen atoms in total. The SMILES string of the molecule is CC1CCN(Cc2cc(Br)c(O)c3ncccc23)CC1. The van der Waals surface area contributed by atoms with E-state index >= 15 is 0 Å². The lowest BCUT2D eigenvalue weighted by molar-refractivity contribution is 0.186. The highest BCUT2D eigenvalue weighted by atomic mass is 79.9. The molecule has 1 aromatic carbocycles. The normalized spacial score (nSPS) is 17.7. The predicted octanol–water partition coefficient (Wildman–Crippen LogP) is 3.93. The molecule has 0 spiro atoms. The van der Waals surface area contributed by atoms with Crippen LogP contribution in [0.2, 0.25) is 0 Å². The van der Waals surface area contributed by atoms with Crippen LogP contribution < -0.4 is 0 Å². The molecule has 0 saturated carbocycles. The second-order valence-corrected chi connectivity index (χ2v) is 6.58. The molecule has 106 valence electrons. The summed E-state index contributed by atoms with van der Waals surface area (Å²) in [5.41, 5.74) is 1.91. The Morgan fingerprint density at radius 1 is 1.40 bits per heavy atom. The highest BCUT2D eigenvalue weighted by Crippen LogP contribution is 2.34. The molecule has 1 N–H and O–H groups in total. The van der Waals surface area contributed by atoms with Crippen LogP contribution in [0.1, 0.15) is 25.3 Å². The van der Waals surface area contributed by atoms with Crippen molar-refractivity contribution in [1.82, 2.24) is 9.88 Å². The van der Waals surface area contributed by atoms with E-state index in [2.05, 4.69) is 32.7 Å². The van der Waals surface area contributed by atoms with E-state index in [4.69, 9.17) is 0 Å². The number of phenolic OH excluding ortho intramolecular Hbond substituents is 1. The van der Waals surface area contributed by atoms with Gasteiger partial charge in [-0.15, -0.1) is 0 Å². The van der Waals surface area contributed by atoms with Crippen LogP contribution in [0.3, 0.4) is 0 Å². The summed E-state index contributed by atoms with van der Waals surface area (Å²) in [4.78, 5) is 6.80. The fraction of sp³-hybridized carbons (Fsp3) is 0.438. The van der Waals surface area contributed by atoms with Crippen molar-refractivity contribution >= 4 is 26.8 Å². The van der Waals surface area contributed by atoms with E-state index < -0.39 is 0 Å². The van der Waals surface area contributed by atoms with Crippen molar-refractivity contribution < 1.29 is 5.11 Å². The van der Waals surface area contributed by atoms with E-state index in [9.17, 15) is 5.11 Å². The van der Waals surface area contributed by atoms with Crippen LogP contribution in [0, 0.1) is 5.92 Å². The molecule has 4 heteroatoms. The topological polar surface area (TPSA) is 36.4 Å². The van der Waals surface area contributed by atoms with Gasteiger partial charge in [-0.05, 0) is 65.5 Å². The maximum Gasteiger partial charge on any atom is 0.156 e. The van der Waals surface area contributed by atoms with Gasteiger partial charge in [0.2, 0.25) is 0 Å². The fourth-order valence-corrected chi connectivity index (χ4v) is 3.32. The Morgan fingerprint density at radius 3 is 2.90 bits per heavy atom. The highest BCUT2D eigenvalue weighted by Gasteiger charge is 2.18. The average Bonchev–Trinajstić information content (AvgIpc) is 2.47. The van der Waals surface area contributed by atoms with Gasteiger partial charge >= 0.3 is 0 Å². The molecule has 2 aromatic rings. The fourth-order valence-electron chi connectivity index (χ4n) is 2.86. The quantitative estimate of drug-likeness (QED) is 0.903. The molecule has 0 atom stereocenters. The molecule has 1 aliphatic rings. The minimum Gasteiger partial charge on any atom is -0.505 e. The van der Waals surface area contributed by atoms with E-state index in [1.165, 1.54) is 18.4 Å². The third-order valence-electron chi connectivity index (χ3n) is 4.18. The average molecular weight is 335 g/mol. The van der Waals surface area contributed by atoms with Crippen molar-refractivity contribution in [3.8, 4) is 5.75 Å². The number of pyridine rings is 1. The summed E-state index contributed by atoms with van der Waals surface area (Å²) in [5, 5.41) is 11.1. The minimum atomic E-state index is 0.233. The Labute approximate surface area is 127 Å². The summed E-state index contributed by atoms with van der Waals surface area (Å²) in [6, 6.07) is 5.99. The van der Waals surface area contributed by atoms with E-state index in [0.717, 1.165) is 35.4 Å². The van der Waals surface area contributed by atoms with E-state index in [1.807, 2.05) is 18.2 Å². The number of benzene rings is 1. The molecule has 1 fully saturated rings. The van der Waals surface area contributed by atoms with Gasteiger partial charge in [0.25, 0.3) is 0 Å². The molecular weight excluding hydrogens is 316 g/mol. The van der Waals surface area contributed by atoms with Gasteiger partial charge in [-0.3, -0.25) is 9.88 Å². The van der Waals surface area contributed by atoms with Gasteiger partial charge in [0.1, 0.15) is 5.52 Å². The molecule has 0 bridgehead atoms. The summed E-state index contributed by atoms with van der Waals surface area (Å²) < 4.78 is 0.726. The molecule has 3 rings (SSSR count). The summed E-state index contributed by atoms with van der Waals surface area (Å²) >= 11 is 3.43. The molecule has 0 aliphatic carbocycles. The third kappa shape index (κ3) is 2.67. The number of piperidine rings is 1. The Hall–Kier alpha value is -1.13. The predicted molar refractivity (Wildman–Crippen MR) is 84.8 cm³/mol. The zero-order valence-corrected chi connectivity index (χ0v) is 13.2. The summed E-state index contributed by atoms with van der Waals surface area (Å²) in [7, 11) is 0. The first-order chi connectivity index (χ1) is 9.65. The van der Waals surface area contributed by atoms with Gasteiger partial charge < -0.3 is 5.11 Å². The van der Waals surface area contributed by atoms with Gasteiger partial charge in [-0.1, -0.05) is 13.0 Å². The van der Waals surface area contributed by atoms with Crippen LogP contribution in [0.15, 0.2) is 28.9 Å². The van der Waals surface area contributed by atoms with Crippen molar-refractivity contribution in [2.24, 2.45) is 5.92 Å². The van der Waals surface area contributed by atoms with Crippen LogP contribution in [0.25, 0.3) is 10.9 Å². The Bertz CT molecular complexity index is 621. The lowest BCUT2D eigenvalue weighted by Crippen LogP contribution is -2.32. The maximum atomic E-state index is 10.1. The first-order valence-corrected chi connectivity index (χ1v) is 7.92. The van der Waals surface area contributed by atoms with E-state index in [-0.39, 0.29) is 5.75 Å². The number of aromatic hydroxyl groups is 1. The third-order valence-corrected chi connectivity index (χ3v) is 4.78. The van der Waals surface area contributed by atoms with Crippen molar-refractivity contribution in [2.45, 2.75) is 26.3 Å². The molecule has 20 heavy (non-hydrogen) atoms. The molecule has 2 heterocycles. The number of hydrogen-bond donors (Lipinski definition) is 1. The van der Waals surface area contributed by atoms with Crippen LogP contribution in [-0.2, 0) is 6.54 Å². The van der Waals surface area contributed by atoms with Crippen LogP contribution in [0.4, 0.5) is 0 Å². The number of aromatic nitrogens is 1. The van der Waals surface area contributed by atoms with Gasteiger partial charge in [-0.25, -0.2) is 0 Å². The Kier molecular flexibility index (Phi) is 3.94. The zero-order chi connectivity index (χ0) is 14.1. The van der Waals surface area contributed by atoms with Crippen LogP contribution in [-0.4, -0.2) is 28.1 Å². The van der Waals surface area contributed by atoms with Gasteiger partial charge in [0.15, 0.2) is 5.75 Å². The lowest BCUT2D eigenvalue weighted by atomic mass is 9.98. The highest BCUT2D eigenvalue weighted by molar-refractivity contribution is 9.10. The summed E-state index contributed by atoms with van der Waals surface area (Å²) in [6.45, 7) is 5.56. The van der Waals surface area contributed by atoms with E-state index in [1.54, 1.807) is 6.20 Å². The lowest BCUT2D eigenvalue weighted by Gasteiger charge is -2.30. The van der Waals surface area contributed by atoms with Gasteiger partial charge in [-0.2, -0.15) is 0 Å². The number of halogens is 1.